The molecule has 0 radical (unpaired) electrons. The molecule has 102 valence electrons. The van der Waals surface area contributed by atoms with E-state index in [0.29, 0.717) is 29.4 Å². The summed E-state index contributed by atoms with van der Waals surface area (Å²) in [6.07, 6.45) is 0. The second-order valence-corrected chi connectivity index (χ2v) is 4.05. The highest BCUT2D eigenvalue weighted by Gasteiger charge is 2.11. The van der Waals surface area contributed by atoms with Crippen molar-refractivity contribution in [3.8, 4) is 11.5 Å². The molecule has 0 unspecified atom stereocenters. The van der Waals surface area contributed by atoms with Crippen molar-refractivity contribution in [2.24, 2.45) is 0 Å². The van der Waals surface area contributed by atoms with Crippen LogP contribution >= 0.6 is 0 Å². The Balaban J connectivity index is 2.17. The first-order valence-corrected chi connectivity index (χ1v) is 6.15. The SMILES string of the molecule is CCOc1cccc(CO)c1OCc1cc(C)on1. The first-order chi connectivity index (χ1) is 9.24. The van der Waals surface area contributed by atoms with Crippen LogP contribution in [0.5, 0.6) is 11.5 Å². The van der Waals surface area contributed by atoms with Crippen molar-refractivity contribution < 1.29 is 19.1 Å². The predicted octanol–water partition coefficient (Wildman–Crippen LogP) is 2.45. The smallest absolute Gasteiger partial charge is 0.167 e. The Morgan fingerprint density at radius 1 is 1.32 bits per heavy atom. The summed E-state index contributed by atoms with van der Waals surface area (Å²) in [5.74, 6) is 1.90. The molecule has 0 amide bonds. The molecule has 2 rings (SSSR count). The van der Waals surface area contributed by atoms with Crippen molar-refractivity contribution in [1.29, 1.82) is 0 Å². The third-order valence-corrected chi connectivity index (χ3v) is 2.57. The van der Waals surface area contributed by atoms with Crippen LogP contribution in [0.15, 0.2) is 28.8 Å². The molecular weight excluding hydrogens is 246 g/mol. The minimum Gasteiger partial charge on any atom is -0.490 e. The Labute approximate surface area is 111 Å². The molecule has 0 bridgehead atoms. The summed E-state index contributed by atoms with van der Waals surface area (Å²) < 4.78 is 16.2. The summed E-state index contributed by atoms with van der Waals surface area (Å²) >= 11 is 0. The largest absolute Gasteiger partial charge is 0.490 e. The maximum atomic E-state index is 9.34. The van der Waals surface area contributed by atoms with Crippen molar-refractivity contribution in [2.45, 2.75) is 27.1 Å². The van der Waals surface area contributed by atoms with E-state index in [4.69, 9.17) is 14.0 Å². The maximum absolute atomic E-state index is 9.34. The van der Waals surface area contributed by atoms with Crippen LogP contribution < -0.4 is 9.47 Å². The number of ether oxygens (including phenoxy) is 2. The Hall–Kier alpha value is -2.01. The fourth-order valence-electron chi connectivity index (χ4n) is 1.75. The van der Waals surface area contributed by atoms with Gasteiger partial charge in [-0.15, -0.1) is 0 Å². The van der Waals surface area contributed by atoms with Crippen molar-refractivity contribution in [1.82, 2.24) is 5.16 Å². The van der Waals surface area contributed by atoms with Gasteiger partial charge in [-0.05, 0) is 19.9 Å². The molecule has 0 saturated heterocycles. The Bertz CT molecular complexity index is 536. The molecule has 0 aliphatic heterocycles. The molecule has 2 aromatic rings. The normalized spacial score (nSPS) is 10.5. The number of aromatic nitrogens is 1. The average molecular weight is 263 g/mol. The van der Waals surface area contributed by atoms with Crippen LogP contribution in [0.3, 0.4) is 0 Å². The van der Waals surface area contributed by atoms with Gasteiger partial charge < -0.3 is 19.1 Å². The number of nitrogens with zero attached hydrogens (tertiary/aromatic N) is 1. The first-order valence-electron chi connectivity index (χ1n) is 6.15. The van der Waals surface area contributed by atoms with Crippen molar-refractivity contribution in [3.05, 3.63) is 41.3 Å². The van der Waals surface area contributed by atoms with Crippen LogP contribution in [0.25, 0.3) is 0 Å². The summed E-state index contributed by atoms with van der Waals surface area (Å²) in [5.41, 5.74) is 1.39. The number of aliphatic hydroxyl groups is 1. The van der Waals surface area contributed by atoms with Gasteiger partial charge in [0.15, 0.2) is 11.5 Å². The van der Waals surface area contributed by atoms with Crippen LogP contribution in [0.4, 0.5) is 0 Å². The van der Waals surface area contributed by atoms with Crippen molar-refractivity contribution in [2.75, 3.05) is 6.61 Å². The highest BCUT2D eigenvalue weighted by Crippen LogP contribution is 2.32. The Morgan fingerprint density at radius 3 is 2.79 bits per heavy atom. The lowest BCUT2D eigenvalue weighted by Crippen LogP contribution is -2.02. The van der Waals surface area contributed by atoms with Crippen LogP contribution in [-0.2, 0) is 13.2 Å². The third-order valence-electron chi connectivity index (χ3n) is 2.57. The Kier molecular flexibility index (Phi) is 4.41. The van der Waals surface area contributed by atoms with E-state index in [1.54, 1.807) is 6.07 Å². The molecule has 0 aliphatic rings. The summed E-state index contributed by atoms with van der Waals surface area (Å²) in [4.78, 5) is 0. The summed E-state index contributed by atoms with van der Waals surface area (Å²) in [5, 5.41) is 13.2. The van der Waals surface area contributed by atoms with E-state index in [0.717, 1.165) is 5.76 Å². The van der Waals surface area contributed by atoms with Gasteiger partial charge in [-0.2, -0.15) is 0 Å². The third kappa shape index (κ3) is 3.26. The second-order valence-electron chi connectivity index (χ2n) is 4.05. The van der Waals surface area contributed by atoms with Gasteiger partial charge in [0, 0.05) is 11.6 Å². The standard InChI is InChI=1S/C14H17NO4/c1-3-17-13-6-4-5-11(8-16)14(13)18-9-12-7-10(2)19-15-12/h4-7,16H,3,8-9H2,1-2H3. The maximum Gasteiger partial charge on any atom is 0.167 e. The van der Waals surface area contributed by atoms with E-state index >= 15 is 0 Å². The van der Waals surface area contributed by atoms with E-state index in [1.165, 1.54) is 0 Å². The molecule has 1 heterocycles. The number of benzene rings is 1. The minimum absolute atomic E-state index is 0.103. The quantitative estimate of drug-likeness (QED) is 0.867. The van der Waals surface area contributed by atoms with E-state index in [9.17, 15) is 5.11 Å². The zero-order chi connectivity index (χ0) is 13.7. The first kappa shape index (κ1) is 13.4. The molecule has 1 N–H and O–H groups in total. The number of rotatable bonds is 6. The van der Waals surface area contributed by atoms with Crippen LogP contribution in [0, 0.1) is 6.92 Å². The molecule has 5 heteroatoms. The molecule has 1 aromatic carbocycles. The van der Waals surface area contributed by atoms with Gasteiger partial charge in [0.25, 0.3) is 0 Å². The van der Waals surface area contributed by atoms with Gasteiger partial charge in [-0.25, -0.2) is 0 Å². The van der Waals surface area contributed by atoms with Crippen molar-refractivity contribution in [3.63, 3.8) is 0 Å². The molecule has 1 aromatic heterocycles. The zero-order valence-corrected chi connectivity index (χ0v) is 11.0. The van der Waals surface area contributed by atoms with Gasteiger partial charge in [0.05, 0.1) is 13.2 Å². The monoisotopic (exact) mass is 263 g/mol. The van der Waals surface area contributed by atoms with E-state index in [2.05, 4.69) is 5.16 Å². The number of hydrogen-bond donors (Lipinski definition) is 1. The van der Waals surface area contributed by atoms with E-state index < -0.39 is 0 Å². The van der Waals surface area contributed by atoms with Gasteiger partial charge in [-0.1, -0.05) is 17.3 Å². The van der Waals surface area contributed by atoms with Crippen LogP contribution in [-0.4, -0.2) is 16.9 Å². The zero-order valence-electron chi connectivity index (χ0n) is 11.0. The summed E-state index contributed by atoms with van der Waals surface area (Å²) in [6, 6.07) is 7.24. The molecule has 0 saturated carbocycles. The van der Waals surface area contributed by atoms with Gasteiger partial charge in [0.2, 0.25) is 0 Å². The highest BCUT2D eigenvalue weighted by molar-refractivity contribution is 5.46. The molecule has 0 aliphatic carbocycles. The molecule has 19 heavy (non-hydrogen) atoms. The lowest BCUT2D eigenvalue weighted by Gasteiger charge is -2.14. The molecule has 0 atom stereocenters. The van der Waals surface area contributed by atoms with Crippen LogP contribution in [0.2, 0.25) is 0 Å². The topological polar surface area (TPSA) is 64.7 Å². The number of hydrogen-bond acceptors (Lipinski definition) is 5. The second kappa shape index (κ2) is 6.24. The molecular formula is C14H17NO4. The summed E-state index contributed by atoms with van der Waals surface area (Å²) in [6.45, 7) is 4.43. The average Bonchev–Trinajstić information content (AvgIpc) is 2.83. The summed E-state index contributed by atoms with van der Waals surface area (Å²) in [7, 11) is 0. The Morgan fingerprint density at radius 2 is 2.16 bits per heavy atom. The number of para-hydroxylation sites is 1. The van der Waals surface area contributed by atoms with Gasteiger partial charge in [0.1, 0.15) is 18.1 Å². The molecule has 5 nitrogen and oxygen atoms in total. The predicted molar refractivity (Wildman–Crippen MR) is 69.1 cm³/mol. The lowest BCUT2D eigenvalue weighted by atomic mass is 10.2. The highest BCUT2D eigenvalue weighted by atomic mass is 16.5. The van der Waals surface area contributed by atoms with Crippen LogP contribution in [0.1, 0.15) is 23.9 Å². The molecule has 0 spiro atoms. The molecule has 0 fully saturated rings. The van der Waals surface area contributed by atoms with E-state index in [-0.39, 0.29) is 13.2 Å². The lowest BCUT2D eigenvalue weighted by molar-refractivity contribution is 0.238. The minimum atomic E-state index is -0.103. The van der Waals surface area contributed by atoms with Crippen molar-refractivity contribution >= 4 is 0 Å². The van der Waals surface area contributed by atoms with E-state index in [1.807, 2.05) is 32.0 Å². The number of aryl methyl sites for hydroxylation is 1. The fourth-order valence-corrected chi connectivity index (χ4v) is 1.75. The fraction of sp³-hybridized carbons (Fsp3) is 0.357. The number of aliphatic hydroxyl groups excluding tert-OH is 1. The van der Waals surface area contributed by atoms with Gasteiger partial charge in [-0.3, -0.25) is 0 Å². The van der Waals surface area contributed by atoms with Gasteiger partial charge >= 0.3 is 0 Å².